The second kappa shape index (κ2) is 5.12. The number of nitrogens with two attached hydrogens (primary N) is 1. The topological polar surface area (TPSA) is 35.2 Å². The first-order valence-electron chi connectivity index (χ1n) is 5.26. The minimum absolute atomic E-state index is 0.118. The number of hydrogen-bond donors (Lipinski definition) is 1. The first-order chi connectivity index (χ1) is 7.04. The van der Waals surface area contributed by atoms with E-state index in [1.165, 1.54) is 12.1 Å². The van der Waals surface area contributed by atoms with E-state index in [-0.39, 0.29) is 18.0 Å². The Bertz CT molecular complexity index is 325. The molecule has 0 heterocycles. The van der Waals surface area contributed by atoms with Gasteiger partial charge in [0.05, 0.1) is 6.10 Å². The third kappa shape index (κ3) is 3.20. The Labute approximate surface area is 90.2 Å². The molecule has 0 fully saturated rings. The average Bonchev–Trinajstić information content (AvgIpc) is 2.20. The number of ether oxygens (including phenoxy) is 1. The van der Waals surface area contributed by atoms with Gasteiger partial charge in [-0.25, -0.2) is 4.39 Å². The third-order valence-corrected chi connectivity index (χ3v) is 2.37. The van der Waals surface area contributed by atoms with Gasteiger partial charge < -0.3 is 10.5 Å². The molecule has 2 N–H and O–H groups in total. The second-order valence-electron chi connectivity index (χ2n) is 3.81. The molecule has 0 aliphatic rings. The Morgan fingerprint density at radius 2 is 2.07 bits per heavy atom. The van der Waals surface area contributed by atoms with E-state index < -0.39 is 0 Å². The average molecular weight is 211 g/mol. The van der Waals surface area contributed by atoms with Gasteiger partial charge in [0, 0.05) is 11.6 Å². The minimum Gasteiger partial charge on any atom is -0.490 e. The van der Waals surface area contributed by atoms with E-state index in [0.29, 0.717) is 5.75 Å². The van der Waals surface area contributed by atoms with Crippen molar-refractivity contribution in [2.75, 3.05) is 0 Å². The molecule has 2 atom stereocenters. The zero-order valence-corrected chi connectivity index (χ0v) is 9.46. The molecule has 0 aromatic heterocycles. The predicted molar refractivity (Wildman–Crippen MR) is 59.4 cm³/mol. The molecule has 0 spiro atoms. The molecule has 1 aromatic rings. The van der Waals surface area contributed by atoms with Gasteiger partial charge in [0.15, 0.2) is 0 Å². The van der Waals surface area contributed by atoms with Crippen molar-refractivity contribution in [3.8, 4) is 5.75 Å². The van der Waals surface area contributed by atoms with Crippen LogP contribution < -0.4 is 10.5 Å². The van der Waals surface area contributed by atoms with Crippen LogP contribution >= 0.6 is 0 Å². The molecule has 15 heavy (non-hydrogen) atoms. The van der Waals surface area contributed by atoms with E-state index in [2.05, 4.69) is 0 Å². The minimum atomic E-state index is -0.279. The Hall–Kier alpha value is -1.09. The number of benzene rings is 1. The molecule has 1 aromatic carbocycles. The third-order valence-electron chi connectivity index (χ3n) is 2.37. The molecule has 0 saturated carbocycles. The zero-order valence-electron chi connectivity index (χ0n) is 9.46. The van der Waals surface area contributed by atoms with Crippen LogP contribution in [0.15, 0.2) is 18.2 Å². The Balaban J connectivity index is 2.95. The summed E-state index contributed by atoms with van der Waals surface area (Å²) in [6, 6.07) is 4.24. The highest BCUT2D eigenvalue weighted by atomic mass is 19.1. The van der Waals surface area contributed by atoms with Gasteiger partial charge in [0.1, 0.15) is 11.6 Å². The van der Waals surface area contributed by atoms with Crippen LogP contribution in [0, 0.1) is 5.82 Å². The largest absolute Gasteiger partial charge is 0.490 e. The monoisotopic (exact) mass is 211 g/mol. The van der Waals surface area contributed by atoms with Crippen LogP contribution in [0.2, 0.25) is 0 Å². The Morgan fingerprint density at radius 3 is 2.60 bits per heavy atom. The summed E-state index contributed by atoms with van der Waals surface area (Å²) in [6.07, 6.45) is 1.03. The summed E-state index contributed by atoms with van der Waals surface area (Å²) in [5.74, 6) is 0.402. The van der Waals surface area contributed by atoms with Crippen LogP contribution in [0.3, 0.4) is 0 Å². The van der Waals surface area contributed by atoms with Gasteiger partial charge in [-0.3, -0.25) is 0 Å². The summed E-state index contributed by atoms with van der Waals surface area (Å²) in [4.78, 5) is 0. The van der Waals surface area contributed by atoms with E-state index in [1.54, 1.807) is 6.07 Å². The van der Waals surface area contributed by atoms with Crippen LogP contribution in [0.25, 0.3) is 0 Å². The molecule has 0 unspecified atom stereocenters. The van der Waals surface area contributed by atoms with Gasteiger partial charge >= 0.3 is 0 Å². The van der Waals surface area contributed by atoms with E-state index in [1.807, 2.05) is 20.8 Å². The van der Waals surface area contributed by atoms with Crippen molar-refractivity contribution in [2.24, 2.45) is 5.73 Å². The second-order valence-corrected chi connectivity index (χ2v) is 3.81. The highest BCUT2D eigenvalue weighted by Crippen LogP contribution is 2.25. The molecule has 3 heteroatoms. The molecule has 1 rings (SSSR count). The van der Waals surface area contributed by atoms with E-state index in [4.69, 9.17) is 10.5 Å². The maximum atomic E-state index is 13.0. The molecule has 0 aliphatic heterocycles. The van der Waals surface area contributed by atoms with Crippen LogP contribution in [0.4, 0.5) is 4.39 Å². The summed E-state index contributed by atoms with van der Waals surface area (Å²) in [7, 11) is 0. The Kier molecular flexibility index (Phi) is 4.09. The standard InChI is InChI=1S/C12H18FNO/c1-4-8(2)15-12-6-5-10(13)7-11(12)9(3)14/h5-9H,4,14H2,1-3H3/t8-,9+/m0/s1. The quantitative estimate of drug-likeness (QED) is 0.830. The van der Waals surface area contributed by atoms with E-state index >= 15 is 0 Å². The van der Waals surface area contributed by atoms with Crippen molar-refractivity contribution in [3.63, 3.8) is 0 Å². The fourth-order valence-electron chi connectivity index (χ4n) is 1.28. The van der Waals surface area contributed by atoms with Gasteiger partial charge in [-0.2, -0.15) is 0 Å². The molecule has 0 amide bonds. The van der Waals surface area contributed by atoms with Gasteiger partial charge in [-0.1, -0.05) is 6.92 Å². The molecule has 84 valence electrons. The zero-order chi connectivity index (χ0) is 11.4. The lowest BCUT2D eigenvalue weighted by atomic mass is 10.1. The van der Waals surface area contributed by atoms with Crippen LogP contribution in [-0.2, 0) is 0 Å². The van der Waals surface area contributed by atoms with Gasteiger partial charge in [-0.05, 0) is 38.5 Å². The first kappa shape index (κ1) is 12.0. The van der Waals surface area contributed by atoms with Gasteiger partial charge in [0.2, 0.25) is 0 Å². The van der Waals surface area contributed by atoms with Crippen molar-refractivity contribution >= 4 is 0 Å². The summed E-state index contributed by atoms with van der Waals surface area (Å²) in [6.45, 7) is 5.84. The molecule has 0 bridgehead atoms. The lowest BCUT2D eigenvalue weighted by Crippen LogP contribution is -2.14. The molecule has 0 saturated heterocycles. The van der Waals surface area contributed by atoms with Gasteiger partial charge in [-0.15, -0.1) is 0 Å². The lowest BCUT2D eigenvalue weighted by molar-refractivity contribution is 0.214. The lowest BCUT2D eigenvalue weighted by Gasteiger charge is -2.17. The highest BCUT2D eigenvalue weighted by molar-refractivity contribution is 5.36. The molecular formula is C12H18FNO. The summed E-state index contributed by atoms with van der Waals surface area (Å²) < 4.78 is 18.7. The first-order valence-corrected chi connectivity index (χ1v) is 5.26. The van der Waals surface area contributed by atoms with Crippen LogP contribution in [0.5, 0.6) is 5.75 Å². The summed E-state index contributed by atoms with van der Waals surface area (Å²) in [5.41, 5.74) is 6.47. The molecular weight excluding hydrogens is 193 g/mol. The summed E-state index contributed by atoms with van der Waals surface area (Å²) >= 11 is 0. The maximum Gasteiger partial charge on any atom is 0.124 e. The fourth-order valence-corrected chi connectivity index (χ4v) is 1.28. The smallest absolute Gasteiger partial charge is 0.124 e. The summed E-state index contributed by atoms with van der Waals surface area (Å²) in [5, 5.41) is 0. The maximum absolute atomic E-state index is 13.0. The predicted octanol–water partition coefficient (Wildman–Crippen LogP) is 3.02. The number of rotatable bonds is 4. The van der Waals surface area contributed by atoms with Crippen LogP contribution in [0.1, 0.15) is 38.8 Å². The van der Waals surface area contributed by atoms with Crippen molar-refractivity contribution in [3.05, 3.63) is 29.6 Å². The number of hydrogen-bond acceptors (Lipinski definition) is 2. The number of halogens is 1. The Morgan fingerprint density at radius 1 is 1.40 bits per heavy atom. The van der Waals surface area contributed by atoms with Gasteiger partial charge in [0.25, 0.3) is 0 Å². The van der Waals surface area contributed by atoms with Crippen molar-refractivity contribution in [1.29, 1.82) is 0 Å². The molecule has 0 radical (unpaired) electrons. The van der Waals surface area contributed by atoms with Crippen molar-refractivity contribution in [2.45, 2.75) is 39.3 Å². The van der Waals surface area contributed by atoms with E-state index in [9.17, 15) is 4.39 Å². The van der Waals surface area contributed by atoms with Crippen LogP contribution in [-0.4, -0.2) is 6.10 Å². The van der Waals surface area contributed by atoms with E-state index in [0.717, 1.165) is 12.0 Å². The molecule has 0 aliphatic carbocycles. The highest BCUT2D eigenvalue weighted by Gasteiger charge is 2.11. The normalized spacial score (nSPS) is 14.7. The van der Waals surface area contributed by atoms with Crippen molar-refractivity contribution in [1.82, 2.24) is 0 Å². The molecule has 2 nitrogen and oxygen atoms in total. The van der Waals surface area contributed by atoms with Crippen molar-refractivity contribution < 1.29 is 9.13 Å². The SMILES string of the molecule is CC[C@H](C)Oc1ccc(F)cc1[C@@H](C)N. The fraction of sp³-hybridized carbons (Fsp3) is 0.500.